The number of carbonyl (C=O) groups is 1. The molecule has 0 aliphatic rings. The Labute approximate surface area is 183 Å². The number of rotatable bonds is 15. The van der Waals surface area contributed by atoms with Crippen LogP contribution in [-0.4, -0.2) is 72.9 Å². The van der Waals surface area contributed by atoms with Gasteiger partial charge >= 0.3 is 13.8 Å². The number of unbranched alkanes of at least 4 members (excludes halogenated alkanes) is 3. The van der Waals surface area contributed by atoms with E-state index < -0.39 is 19.9 Å². The number of halogens is 1. The number of hydrogen-bond donors (Lipinski definition) is 2. The highest BCUT2D eigenvalue weighted by atomic mass is 35.5. The maximum atomic E-state index is 12.1. The number of phosphoric ester groups is 1. The molecule has 0 fully saturated rings. The van der Waals surface area contributed by atoms with Crippen molar-refractivity contribution in [3.63, 3.8) is 0 Å². The predicted octanol–water partition coefficient (Wildman–Crippen LogP) is 3.79. The first-order valence-corrected chi connectivity index (χ1v) is 11.4. The lowest BCUT2D eigenvalue weighted by molar-refractivity contribution is -0.873. The highest BCUT2D eigenvalue weighted by molar-refractivity contribution is 7.47. The van der Waals surface area contributed by atoms with E-state index in [1.807, 2.05) is 33.3 Å². The summed E-state index contributed by atoms with van der Waals surface area (Å²) < 4.78 is 28.2. The third kappa shape index (κ3) is 14.7. The zero-order valence-corrected chi connectivity index (χ0v) is 19.3. The lowest BCUT2D eigenvalue weighted by Gasteiger charge is -2.29. The minimum absolute atomic E-state index is 0. The second kappa shape index (κ2) is 14.0. The topological polar surface area (TPSA) is 132 Å². The molecule has 2 unspecified atom stereocenters. The Bertz CT molecular complexity index is 665. The maximum absolute atomic E-state index is 12.1. The van der Waals surface area contributed by atoms with Crippen molar-refractivity contribution in [1.29, 1.82) is 0 Å². The number of phosphoric acid groups is 1. The molecule has 0 aliphatic heterocycles. The molecule has 0 heterocycles. The second-order valence-corrected chi connectivity index (χ2v) is 9.66. The fraction of sp³-hybridized carbons (Fsp3) is 0.632. The number of benzene rings is 1. The molecule has 1 aromatic carbocycles. The quantitative estimate of drug-likeness (QED) is 0.225. The zero-order valence-electron chi connectivity index (χ0n) is 17.7. The average Bonchev–Trinajstić information content (AvgIpc) is 2.56. The summed E-state index contributed by atoms with van der Waals surface area (Å²) in [6.07, 6.45) is 1.86. The molecule has 1 rings (SSSR count). The molecule has 0 aromatic heterocycles. The number of carboxylic acids is 1. The summed E-state index contributed by atoms with van der Waals surface area (Å²) in [5.41, 5.74) is 0. The Hall–Kier alpha value is -1.19. The van der Waals surface area contributed by atoms with Crippen molar-refractivity contribution in [3.05, 3.63) is 29.3 Å². The second-order valence-electron chi connectivity index (χ2n) is 7.82. The summed E-state index contributed by atoms with van der Waals surface area (Å²) in [4.78, 5) is 20.8. The Morgan fingerprint density at radius 1 is 1.10 bits per heavy atom. The molecule has 174 valence electrons. The van der Waals surface area contributed by atoms with E-state index in [0.717, 1.165) is 25.0 Å². The molecule has 9 nitrogen and oxygen atoms in total. The van der Waals surface area contributed by atoms with E-state index in [1.54, 1.807) is 12.1 Å². The van der Waals surface area contributed by atoms with E-state index in [2.05, 4.69) is 0 Å². The molecule has 11 heteroatoms. The van der Waals surface area contributed by atoms with Crippen LogP contribution >= 0.6 is 19.4 Å². The molecule has 0 radical (unpaired) electrons. The molecule has 0 saturated heterocycles. The van der Waals surface area contributed by atoms with Gasteiger partial charge in [-0.25, -0.2) is 4.57 Å². The van der Waals surface area contributed by atoms with Crippen molar-refractivity contribution in [2.75, 3.05) is 40.9 Å². The molecule has 30 heavy (non-hydrogen) atoms. The average molecular weight is 470 g/mol. The first-order valence-electron chi connectivity index (χ1n) is 9.53. The molecule has 0 saturated carbocycles. The van der Waals surface area contributed by atoms with Crippen LogP contribution in [0.2, 0.25) is 5.02 Å². The molecule has 3 N–H and O–H groups in total. The van der Waals surface area contributed by atoms with E-state index in [4.69, 9.17) is 30.5 Å². The molecular weight excluding hydrogens is 437 g/mol. The number of aliphatic carboxylic acids is 1. The smallest absolute Gasteiger partial charge is 0.472 e. The first kappa shape index (κ1) is 28.8. The van der Waals surface area contributed by atoms with Gasteiger partial charge in [0.15, 0.2) is 0 Å². The van der Waals surface area contributed by atoms with Crippen LogP contribution in [0, 0.1) is 0 Å². The van der Waals surface area contributed by atoms with Crippen LogP contribution in [0.3, 0.4) is 0 Å². The lowest BCUT2D eigenvalue weighted by Crippen LogP contribution is -2.42. The van der Waals surface area contributed by atoms with Gasteiger partial charge in [0.25, 0.3) is 0 Å². The fourth-order valence-electron chi connectivity index (χ4n) is 2.62. The molecule has 0 amide bonds. The van der Waals surface area contributed by atoms with E-state index in [9.17, 15) is 14.3 Å². The summed E-state index contributed by atoms with van der Waals surface area (Å²) in [5.74, 6) is -0.329. The monoisotopic (exact) mass is 469 g/mol. The van der Waals surface area contributed by atoms with Crippen LogP contribution < -0.4 is 4.74 Å². The van der Waals surface area contributed by atoms with Crippen LogP contribution in [0.1, 0.15) is 32.1 Å². The van der Waals surface area contributed by atoms with Gasteiger partial charge in [-0.1, -0.05) is 18.0 Å². The van der Waals surface area contributed by atoms with Crippen LogP contribution in [0.15, 0.2) is 24.3 Å². The van der Waals surface area contributed by atoms with E-state index in [0.29, 0.717) is 22.5 Å². The Morgan fingerprint density at radius 3 is 2.20 bits per heavy atom. The van der Waals surface area contributed by atoms with Crippen molar-refractivity contribution >= 4 is 25.4 Å². The Balaban J connectivity index is 0.00000841. The minimum Gasteiger partial charge on any atom is -0.870 e. The molecule has 0 bridgehead atoms. The van der Waals surface area contributed by atoms with Crippen molar-refractivity contribution in [2.45, 2.75) is 38.2 Å². The standard InChI is InChI=1S/C19H31ClNO7P.H2O/c1-21(2,3)15-18(14-19(22)23)28-29(24,25)27-13-7-5-4-6-12-26-17-10-8-16(20)9-11-17;/h8-11,18H,4-7,12-15H2,1-3H3,(H-,22,23,24,25);1H2. The predicted molar refractivity (Wildman–Crippen MR) is 113 cm³/mol. The molecular formula is C19H33ClNO8P. The van der Waals surface area contributed by atoms with Gasteiger partial charge in [-0.05, 0) is 43.5 Å². The third-order valence-corrected chi connectivity index (χ3v) is 5.14. The number of carboxylic acid groups (broad SMARTS) is 1. The maximum Gasteiger partial charge on any atom is 0.472 e. The molecule has 0 aliphatic carbocycles. The van der Waals surface area contributed by atoms with Gasteiger partial charge in [-0.3, -0.25) is 13.8 Å². The normalized spacial score (nSPS) is 14.4. The number of likely N-dealkylation sites (N-methyl/N-ethyl adjacent to an activating group) is 1. The van der Waals surface area contributed by atoms with Crippen LogP contribution in [-0.2, 0) is 18.4 Å². The first-order chi connectivity index (χ1) is 13.5. The molecule has 2 atom stereocenters. The van der Waals surface area contributed by atoms with Crippen molar-refractivity contribution < 1.29 is 43.1 Å². The highest BCUT2D eigenvalue weighted by Crippen LogP contribution is 2.45. The number of hydrogen-bond acceptors (Lipinski definition) is 6. The number of nitrogens with zero attached hydrogens (tertiary/aromatic N) is 1. The number of quaternary nitrogens is 1. The fourth-order valence-corrected chi connectivity index (χ4v) is 3.68. The summed E-state index contributed by atoms with van der Waals surface area (Å²) >= 11 is 5.81. The largest absolute Gasteiger partial charge is 0.870 e. The molecule has 1 aromatic rings. The third-order valence-electron chi connectivity index (χ3n) is 3.81. The van der Waals surface area contributed by atoms with Gasteiger partial charge in [-0.2, -0.15) is 0 Å². The van der Waals surface area contributed by atoms with Crippen LogP contribution in [0.5, 0.6) is 5.75 Å². The summed E-state index contributed by atoms with van der Waals surface area (Å²) in [6, 6.07) is 7.16. The zero-order chi connectivity index (χ0) is 21.9. The van der Waals surface area contributed by atoms with Gasteiger partial charge in [0, 0.05) is 5.02 Å². The van der Waals surface area contributed by atoms with E-state index in [-0.39, 0.29) is 25.0 Å². The summed E-state index contributed by atoms with van der Waals surface area (Å²) in [5, 5.41) is 9.63. The Kier molecular flexibility index (Phi) is 13.4. The van der Waals surface area contributed by atoms with E-state index in [1.165, 1.54) is 0 Å². The van der Waals surface area contributed by atoms with E-state index >= 15 is 0 Å². The van der Waals surface area contributed by atoms with Crippen LogP contribution in [0.4, 0.5) is 0 Å². The van der Waals surface area contributed by atoms with Gasteiger partial charge in [0.05, 0.1) is 40.8 Å². The number of ether oxygens (including phenoxy) is 1. The van der Waals surface area contributed by atoms with Gasteiger partial charge in [0.1, 0.15) is 18.4 Å². The van der Waals surface area contributed by atoms with Crippen molar-refractivity contribution in [2.24, 2.45) is 0 Å². The van der Waals surface area contributed by atoms with Crippen molar-refractivity contribution in [3.8, 4) is 5.75 Å². The van der Waals surface area contributed by atoms with Crippen molar-refractivity contribution in [1.82, 2.24) is 0 Å². The summed E-state index contributed by atoms with van der Waals surface area (Å²) in [7, 11) is 1.23. The Morgan fingerprint density at radius 2 is 1.67 bits per heavy atom. The SMILES string of the molecule is C[N+](C)(C)CC(CC(=O)O)OP(=O)(O)OCCCCCCOc1ccc(Cl)cc1.[OH-]. The van der Waals surface area contributed by atoms with Gasteiger partial charge in [-0.15, -0.1) is 0 Å². The van der Waals surface area contributed by atoms with Crippen LogP contribution in [0.25, 0.3) is 0 Å². The van der Waals surface area contributed by atoms with Gasteiger partial charge in [0.2, 0.25) is 0 Å². The molecule has 0 spiro atoms. The van der Waals surface area contributed by atoms with Gasteiger partial charge < -0.3 is 24.7 Å². The lowest BCUT2D eigenvalue weighted by atomic mass is 10.2. The highest BCUT2D eigenvalue weighted by Gasteiger charge is 2.31. The minimum atomic E-state index is -4.31. The summed E-state index contributed by atoms with van der Waals surface area (Å²) in [6.45, 7) is 0.913.